The van der Waals surface area contributed by atoms with Gasteiger partial charge in [0.2, 0.25) is 0 Å². The van der Waals surface area contributed by atoms with Crippen molar-refractivity contribution in [2.45, 2.75) is 57.5 Å². The Balaban J connectivity index is 1.36. The second-order valence-electron chi connectivity index (χ2n) is 7.54. The van der Waals surface area contributed by atoms with Crippen LogP contribution in [0.4, 0.5) is 0 Å². The normalized spacial score (nSPS) is 23.8. The number of nitrogens with zero attached hydrogens (tertiary/aromatic N) is 2. The number of pyridine rings is 1. The summed E-state index contributed by atoms with van der Waals surface area (Å²) in [6.45, 7) is 4.10. The fourth-order valence-electron chi connectivity index (χ4n) is 3.99. The molecule has 2 aromatic rings. The van der Waals surface area contributed by atoms with E-state index in [1.165, 1.54) is 6.42 Å². The molecule has 6 heteroatoms. The summed E-state index contributed by atoms with van der Waals surface area (Å²) in [5.74, 6) is 0.851. The van der Waals surface area contributed by atoms with Crippen LogP contribution < -0.4 is 16.2 Å². The minimum atomic E-state index is 0.0159. The van der Waals surface area contributed by atoms with Crippen molar-refractivity contribution >= 4 is 5.96 Å². The quantitative estimate of drug-likeness (QED) is 0.596. The number of hydrogen-bond donors (Lipinski definition) is 2. The molecule has 2 aliphatic heterocycles. The van der Waals surface area contributed by atoms with E-state index in [1.54, 1.807) is 16.7 Å². The monoisotopic (exact) mass is 380 g/mol. The van der Waals surface area contributed by atoms with Crippen molar-refractivity contribution in [2.24, 2.45) is 4.99 Å². The van der Waals surface area contributed by atoms with Crippen LogP contribution in [0.1, 0.15) is 37.3 Å². The smallest absolute Gasteiger partial charge is 0.250 e. The zero-order valence-corrected chi connectivity index (χ0v) is 16.3. The first kappa shape index (κ1) is 18.7. The van der Waals surface area contributed by atoms with E-state index in [-0.39, 0.29) is 5.56 Å². The molecule has 0 spiro atoms. The van der Waals surface area contributed by atoms with Crippen molar-refractivity contribution in [1.29, 1.82) is 0 Å². The van der Waals surface area contributed by atoms with Gasteiger partial charge in [-0.1, -0.05) is 30.3 Å². The first-order chi connectivity index (χ1) is 13.7. The molecule has 0 radical (unpaired) electrons. The number of aromatic nitrogens is 1. The van der Waals surface area contributed by atoms with Gasteiger partial charge in [-0.3, -0.25) is 4.79 Å². The molecular formula is C22H28N4O2. The number of fused-ring (bicyclic) bond motifs is 2. The molecule has 4 rings (SSSR count). The lowest BCUT2D eigenvalue weighted by molar-refractivity contribution is 0.0992. The predicted molar refractivity (Wildman–Crippen MR) is 110 cm³/mol. The van der Waals surface area contributed by atoms with E-state index >= 15 is 0 Å². The van der Waals surface area contributed by atoms with Crippen molar-refractivity contribution in [3.63, 3.8) is 0 Å². The third-order valence-electron chi connectivity index (χ3n) is 5.47. The number of rotatable bonds is 6. The van der Waals surface area contributed by atoms with Crippen molar-refractivity contribution in [2.75, 3.05) is 6.54 Å². The topological polar surface area (TPSA) is 67.7 Å². The van der Waals surface area contributed by atoms with Gasteiger partial charge in [-0.15, -0.1) is 0 Å². The number of hydrogen-bond acceptors (Lipinski definition) is 3. The van der Waals surface area contributed by atoms with Crippen LogP contribution >= 0.6 is 0 Å². The third kappa shape index (κ3) is 4.44. The third-order valence-corrected chi connectivity index (χ3v) is 5.47. The van der Waals surface area contributed by atoms with E-state index in [2.05, 4.69) is 41.8 Å². The lowest BCUT2D eigenvalue weighted by atomic mass is 9.96. The van der Waals surface area contributed by atoms with Gasteiger partial charge < -0.3 is 19.9 Å². The van der Waals surface area contributed by atoms with Gasteiger partial charge in [0, 0.05) is 18.8 Å². The van der Waals surface area contributed by atoms with E-state index in [1.807, 2.05) is 12.3 Å². The molecule has 1 aromatic carbocycles. The molecule has 2 N–H and O–H groups in total. The number of nitrogens with one attached hydrogen (secondary N) is 2. The molecular weight excluding hydrogens is 352 g/mol. The maximum atomic E-state index is 11.8. The van der Waals surface area contributed by atoms with Gasteiger partial charge in [-0.25, -0.2) is 4.99 Å². The zero-order chi connectivity index (χ0) is 19.3. The summed E-state index contributed by atoms with van der Waals surface area (Å²) in [6, 6.07) is 13.9. The Kier molecular flexibility index (Phi) is 5.76. The van der Waals surface area contributed by atoms with Gasteiger partial charge in [0.05, 0.1) is 31.3 Å². The van der Waals surface area contributed by atoms with Crippen LogP contribution in [0.25, 0.3) is 0 Å². The van der Waals surface area contributed by atoms with Crippen LogP contribution in [0.3, 0.4) is 0 Å². The largest absolute Gasteiger partial charge is 0.373 e. The molecule has 148 valence electrons. The first-order valence-electron chi connectivity index (χ1n) is 10.1. The van der Waals surface area contributed by atoms with E-state index in [0.29, 0.717) is 31.3 Å². The molecule has 3 unspecified atom stereocenters. The van der Waals surface area contributed by atoms with Gasteiger partial charge in [0.15, 0.2) is 5.96 Å². The maximum absolute atomic E-state index is 11.8. The highest BCUT2D eigenvalue weighted by atomic mass is 16.5. The average molecular weight is 380 g/mol. The Bertz CT molecular complexity index is 875. The van der Waals surface area contributed by atoms with Crippen LogP contribution in [0, 0.1) is 0 Å². The van der Waals surface area contributed by atoms with Gasteiger partial charge in [-0.2, -0.15) is 0 Å². The average Bonchev–Trinajstić information content (AvgIpc) is 3.32. The zero-order valence-electron chi connectivity index (χ0n) is 16.3. The highest BCUT2D eigenvalue weighted by Crippen LogP contribution is 2.34. The summed E-state index contributed by atoms with van der Waals surface area (Å²) in [4.78, 5) is 16.6. The molecule has 2 saturated heterocycles. The van der Waals surface area contributed by atoms with Gasteiger partial charge in [0.1, 0.15) is 0 Å². The fraction of sp³-hybridized carbons (Fsp3) is 0.455. The fourth-order valence-corrected chi connectivity index (χ4v) is 3.99. The van der Waals surface area contributed by atoms with Crippen molar-refractivity contribution in [1.82, 2.24) is 15.2 Å². The Morgan fingerprint density at radius 3 is 2.68 bits per heavy atom. The number of guanidine groups is 1. The Morgan fingerprint density at radius 2 is 2.00 bits per heavy atom. The van der Waals surface area contributed by atoms with Crippen molar-refractivity contribution < 1.29 is 4.74 Å². The van der Waals surface area contributed by atoms with Crippen LogP contribution in [0.15, 0.2) is 58.4 Å². The molecule has 2 fully saturated rings. The summed E-state index contributed by atoms with van der Waals surface area (Å²) in [7, 11) is 0. The van der Waals surface area contributed by atoms with Crippen LogP contribution in [-0.2, 0) is 17.8 Å². The van der Waals surface area contributed by atoms with Crippen LogP contribution in [0.2, 0.25) is 0 Å². The highest BCUT2D eigenvalue weighted by molar-refractivity contribution is 5.80. The minimum Gasteiger partial charge on any atom is -0.373 e. The number of benzene rings is 1. The van der Waals surface area contributed by atoms with Crippen molar-refractivity contribution in [3.8, 4) is 0 Å². The molecule has 3 heterocycles. The summed E-state index contributed by atoms with van der Waals surface area (Å²) < 4.78 is 7.63. The number of ether oxygens (including phenoxy) is 1. The molecule has 3 atom stereocenters. The van der Waals surface area contributed by atoms with E-state index in [4.69, 9.17) is 9.73 Å². The summed E-state index contributed by atoms with van der Waals surface area (Å²) in [6.07, 6.45) is 5.98. The second-order valence-corrected chi connectivity index (χ2v) is 7.54. The highest BCUT2D eigenvalue weighted by Gasteiger charge is 2.41. The predicted octanol–water partition coefficient (Wildman–Crippen LogP) is 2.27. The Labute approximate surface area is 165 Å². The van der Waals surface area contributed by atoms with E-state index in [0.717, 1.165) is 36.5 Å². The number of aliphatic imine (C=N–C) groups is 1. The Hall–Kier alpha value is -2.60. The van der Waals surface area contributed by atoms with Gasteiger partial charge in [-0.05, 0) is 43.4 Å². The molecule has 0 saturated carbocycles. The van der Waals surface area contributed by atoms with Gasteiger partial charge >= 0.3 is 0 Å². The lowest BCUT2D eigenvalue weighted by Crippen LogP contribution is -2.47. The molecule has 28 heavy (non-hydrogen) atoms. The summed E-state index contributed by atoms with van der Waals surface area (Å²) in [5.41, 5.74) is 2.26. The molecule has 2 aliphatic rings. The second kappa shape index (κ2) is 8.61. The molecule has 6 nitrogen and oxygen atoms in total. The van der Waals surface area contributed by atoms with Crippen LogP contribution in [0.5, 0.6) is 0 Å². The van der Waals surface area contributed by atoms with E-state index in [9.17, 15) is 4.79 Å². The molecule has 0 aliphatic carbocycles. The van der Waals surface area contributed by atoms with Gasteiger partial charge in [0.25, 0.3) is 5.56 Å². The summed E-state index contributed by atoms with van der Waals surface area (Å²) >= 11 is 0. The molecule has 0 amide bonds. The SMILES string of the molecule is CCNC(=NCc1ccc(Cn2ccccc2=O)cc1)NC1CC2CCC1O2. The minimum absolute atomic E-state index is 0.0159. The molecule has 1 aromatic heterocycles. The summed E-state index contributed by atoms with van der Waals surface area (Å²) in [5, 5.41) is 6.88. The van der Waals surface area contributed by atoms with Crippen LogP contribution in [-0.4, -0.2) is 35.3 Å². The standard InChI is InChI=1S/C22H28N4O2/c1-2-23-22(25-19-13-18-10-11-20(19)28-18)24-14-16-6-8-17(9-7-16)15-26-12-4-3-5-21(26)27/h3-9,12,18-20H,2,10-11,13-15H2,1H3,(H2,23,24,25). The van der Waals surface area contributed by atoms with E-state index < -0.39 is 0 Å². The molecule has 2 bridgehead atoms. The lowest BCUT2D eigenvalue weighted by Gasteiger charge is -2.22. The Morgan fingerprint density at radius 1 is 1.18 bits per heavy atom. The maximum Gasteiger partial charge on any atom is 0.250 e. The van der Waals surface area contributed by atoms with Crippen molar-refractivity contribution in [3.05, 3.63) is 70.1 Å². The first-order valence-corrected chi connectivity index (χ1v) is 10.1.